The van der Waals surface area contributed by atoms with Crippen LogP contribution in [0.4, 0.5) is 0 Å². The molecule has 0 amide bonds. The van der Waals surface area contributed by atoms with Crippen LogP contribution in [0.3, 0.4) is 0 Å². The maximum absolute atomic E-state index is 10.8. The van der Waals surface area contributed by atoms with Crippen LogP contribution in [-0.4, -0.2) is 16.1 Å². The number of hydrogen-bond donors (Lipinski definition) is 1. The maximum atomic E-state index is 10.8. The smallest absolute Gasteiger partial charge is 0.354 e. The molecule has 1 N–H and O–H groups in total. The van der Waals surface area contributed by atoms with E-state index in [1.54, 1.807) is 6.07 Å². The quantitative estimate of drug-likeness (QED) is 0.857. The van der Waals surface area contributed by atoms with Crippen LogP contribution in [-0.2, 0) is 0 Å². The summed E-state index contributed by atoms with van der Waals surface area (Å²) in [5.74, 6) is -1.00. The van der Waals surface area contributed by atoms with Gasteiger partial charge in [-0.05, 0) is 48.2 Å². The zero-order valence-electron chi connectivity index (χ0n) is 9.77. The van der Waals surface area contributed by atoms with Crippen molar-refractivity contribution in [1.82, 2.24) is 4.98 Å². The van der Waals surface area contributed by atoms with Gasteiger partial charge in [0.15, 0.2) is 0 Å². The van der Waals surface area contributed by atoms with Gasteiger partial charge in [-0.15, -0.1) is 0 Å². The number of benzene rings is 1. The molecule has 86 valence electrons. The van der Waals surface area contributed by atoms with Gasteiger partial charge in [0, 0.05) is 6.20 Å². The lowest BCUT2D eigenvalue weighted by Crippen LogP contribution is -1.99. The number of rotatable bonds is 2. The molecule has 2 aromatic rings. The fourth-order valence-corrected chi connectivity index (χ4v) is 1.65. The van der Waals surface area contributed by atoms with E-state index in [2.05, 4.69) is 11.1 Å². The summed E-state index contributed by atoms with van der Waals surface area (Å²) in [6.07, 6.45) is 1.52. The Morgan fingerprint density at radius 2 is 1.76 bits per heavy atom. The predicted molar refractivity (Wildman–Crippen MR) is 66.1 cm³/mol. The van der Waals surface area contributed by atoms with Crippen molar-refractivity contribution >= 4 is 5.97 Å². The molecule has 0 aliphatic carbocycles. The SMILES string of the molecule is Cc1ccc(-c2ccnc(C(=O)O)c2)cc1C. The Hall–Kier alpha value is -2.16. The first-order chi connectivity index (χ1) is 8.08. The van der Waals surface area contributed by atoms with Gasteiger partial charge in [0.25, 0.3) is 0 Å². The molecule has 1 aromatic carbocycles. The second-order valence-corrected chi connectivity index (χ2v) is 4.03. The molecule has 0 aliphatic heterocycles. The molecule has 0 spiro atoms. The van der Waals surface area contributed by atoms with Gasteiger partial charge in [0.1, 0.15) is 5.69 Å². The molecule has 0 fully saturated rings. The number of carbonyl (C=O) groups is 1. The van der Waals surface area contributed by atoms with E-state index < -0.39 is 5.97 Å². The molecule has 17 heavy (non-hydrogen) atoms. The van der Waals surface area contributed by atoms with E-state index in [-0.39, 0.29) is 5.69 Å². The van der Waals surface area contributed by atoms with Crippen molar-refractivity contribution in [2.75, 3.05) is 0 Å². The first kappa shape index (κ1) is 11.3. The van der Waals surface area contributed by atoms with Crippen molar-refractivity contribution in [3.8, 4) is 11.1 Å². The van der Waals surface area contributed by atoms with Crippen molar-refractivity contribution in [2.24, 2.45) is 0 Å². The van der Waals surface area contributed by atoms with Crippen LogP contribution in [0.5, 0.6) is 0 Å². The number of pyridine rings is 1. The zero-order chi connectivity index (χ0) is 12.4. The van der Waals surface area contributed by atoms with E-state index >= 15 is 0 Å². The second-order valence-electron chi connectivity index (χ2n) is 4.03. The van der Waals surface area contributed by atoms with Crippen molar-refractivity contribution in [3.05, 3.63) is 53.3 Å². The van der Waals surface area contributed by atoms with Crippen molar-refractivity contribution in [2.45, 2.75) is 13.8 Å². The number of nitrogens with zero attached hydrogens (tertiary/aromatic N) is 1. The third-order valence-electron chi connectivity index (χ3n) is 2.82. The topological polar surface area (TPSA) is 50.2 Å². The molecule has 2 rings (SSSR count). The monoisotopic (exact) mass is 227 g/mol. The average Bonchev–Trinajstić information content (AvgIpc) is 2.33. The minimum Gasteiger partial charge on any atom is -0.477 e. The predicted octanol–water partition coefficient (Wildman–Crippen LogP) is 3.06. The molecule has 0 saturated carbocycles. The Morgan fingerprint density at radius 3 is 2.41 bits per heavy atom. The van der Waals surface area contributed by atoms with Crippen molar-refractivity contribution < 1.29 is 9.90 Å². The van der Waals surface area contributed by atoms with E-state index in [0.29, 0.717) is 0 Å². The summed E-state index contributed by atoms with van der Waals surface area (Å²) >= 11 is 0. The van der Waals surface area contributed by atoms with Crippen molar-refractivity contribution in [1.29, 1.82) is 0 Å². The van der Waals surface area contributed by atoms with Gasteiger partial charge in [-0.2, -0.15) is 0 Å². The second kappa shape index (κ2) is 4.37. The molecule has 1 heterocycles. The Labute approximate surface area is 99.8 Å². The summed E-state index contributed by atoms with van der Waals surface area (Å²) in [4.78, 5) is 14.6. The lowest BCUT2D eigenvalue weighted by molar-refractivity contribution is 0.0690. The normalized spacial score (nSPS) is 10.2. The van der Waals surface area contributed by atoms with Crippen LogP contribution < -0.4 is 0 Å². The van der Waals surface area contributed by atoms with Gasteiger partial charge < -0.3 is 5.11 Å². The molecule has 0 radical (unpaired) electrons. The zero-order valence-corrected chi connectivity index (χ0v) is 9.77. The molecule has 0 bridgehead atoms. The Morgan fingerprint density at radius 1 is 1.06 bits per heavy atom. The summed E-state index contributed by atoms with van der Waals surface area (Å²) in [6.45, 7) is 4.09. The Bertz CT molecular complexity index is 576. The summed E-state index contributed by atoms with van der Waals surface area (Å²) in [7, 11) is 0. The molecule has 0 aliphatic rings. The fourth-order valence-electron chi connectivity index (χ4n) is 1.65. The highest BCUT2D eigenvalue weighted by atomic mass is 16.4. The number of aromatic nitrogens is 1. The Balaban J connectivity index is 2.49. The van der Waals surface area contributed by atoms with Crippen LogP contribution >= 0.6 is 0 Å². The highest BCUT2D eigenvalue weighted by Gasteiger charge is 2.06. The number of aryl methyl sites for hydroxylation is 2. The molecule has 0 atom stereocenters. The largest absolute Gasteiger partial charge is 0.477 e. The lowest BCUT2D eigenvalue weighted by Gasteiger charge is -2.06. The minimum atomic E-state index is -1.00. The molecular weight excluding hydrogens is 214 g/mol. The van der Waals surface area contributed by atoms with Gasteiger partial charge in [0.2, 0.25) is 0 Å². The van der Waals surface area contributed by atoms with Gasteiger partial charge in [-0.1, -0.05) is 18.2 Å². The van der Waals surface area contributed by atoms with Gasteiger partial charge in [-0.3, -0.25) is 0 Å². The number of carboxylic acid groups (broad SMARTS) is 1. The highest BCUT2D eigenvalue weighted by molar-refractivity contribution is 5.87. The molecule has 1 aromatic heterocycles. The first-order valence-corrected chi connectivity index (χ1v) is 5.35. The van der Waals surface area contributed by atoms with E-state index in [1.165, 1.54) is 17.3 Å². The maximum Gasteiger partial charge on any atom is 0.354 e. The third kappa shape index (κ3) is 2.33. The van der Waals surface area contributed by atoms with Crippen molar-refractivity contribution in [3.63, 3.8) is 0 Å². The fraction of sp³-hybridized carbons (Fsp3) is 0.143. The van der Waals surface area contributed by atoms with E-state index in [4.69, 9.17) is 5.11 Å². The molecule has 3 nitrogen and oxygen atoms in total. The first-order valence-electron chi connectivity index (χ1n) is 5.35. The van der Waals surface area contributed by atoms with Gasteiger partial charge >= 0.3 is 5.97 Å². The molecule has 0 saturated heterocycles. The van der Waals surface area contributed by atoms with E-state index in [9.17, 15) is 4.79 Å². The summed E-state index contributed by atoms with van der Waals surface area (Å²) in [5, 5.41) is 8.89. The van der Waals surface area contributed by atoms with Crippen LogP contribution in [0, 0.1) is 13.8 Å². The summed E-state index contributed by atoms with van der Waals surface area (Å²) < 4.78 is 0. The number of hydrogen-bond acceptors (Lipinski definition) is 2. The highest BCUT2D eigenvalue weighted by Crippen LogP contribution is 2.22. The standard InChI is InChI=1S/C14H13NO2/c1-9-3-4-11(7-10(9)2)12-5-6-15-13(8-12)14(16)17/h3-8H,1-2H3,(H,16,17). The number of aromatic carboxylic acids is 1. The Kier molecular flexibility index (Phi) is 2.91. The van der Waals surface area contributed by atoms with Crippen LogP contribution in [0.2, 0.25) is 0 Å². The van der Waals surface area contributed by atoms with Crippen LogP contribution in [0.15, 0.2) is 36.5 Å². The van der Waals surface area contributed by atoms with Gasteiger partial charge in [-0.25, -0.2) is 9.78 Å². The number of carboxylic acids is 1. The van der Waals surface area contributed by atoms with Crippen LogP contribution in [0.25, 0.3) is 11.1 Å². The summed E-state index contributed by atoms with van der Waals surface area (Å²) in [5.41, 5.74) is 4.37. The van der Waals surface area contributed by atoms with E-state index in [1.807, 2.05) is 32.0 Å². The van der Waals surface area contributed by atoms with E-state index in [0.717, 1.165) is 11.1 Å². The molecular formula is C14H13NO2. The molecule has 3 heteroatoms. The minimum absolute atomic E-state index is 0.0701. The lowest BCUT2D eigenvalue weighted by atomic mass is 10.0. The van der Waals surface area contributed by atoms with Gasteiger partial charge in [0.05, 0.1) is 0 Å². The average molecular weight is 227 g/mol. The van der Waals surface area contributed by atoms with Crippen LogP contribution in [0.1, 0.15) is 21.6 Å². The summed E-state index contributed by atoms with van der Waals surface area (Å²) in [6, 6.07) is 9.48. The third-order valence-corrected chi connectivity index (χ3v) is 2.82. The molecule has 0 unspecified atom stereocenters.